The molecule has 1 N–H and O–H groups in total. The van der Waals surface area contributed by atoms with Gasteiger partial charge in [0.1, 0.15) is 0 Å². The van der Waals surface area contributed by atoms with Crippen LogP contribution in [0.1, 0.15) is 33.7 Å². The second-order valence-electron chi connectivity index (χ2n) is 8.58. The Labute approximate surface area is 174 Å². The normalized spacial score (nSPS) is 28.3. The van der Waals surface area contributed by atoms with E-state index in [0.717, 1.165) is 27.8 Å². The monoisotopic (exact) mass is 395 g/mol. The largest absolute Gasteiger partial charge is 0.395 e. The van der Waals surface area contributed by atoms with Crippen LogP contribution in [-0.4, -0.2) is 23.5 Å². The van der Waals surface area contributed by atoms with Crippen LogP contribution in [0.15, 0.2) is 72.8 Å². The van der Waals surface area contributed by atoms with Crippen LogP contribution in [0, 0.1) is 18.8 Å². The number of para-hydroxylation sites is 1. The summed E-state index contributed by atoms with van der Waals surface area (Å²) >= 11 is 0. The van der Waals surface area contributed by atoms with Gasteiger partial charge in [-0.15, -0.1) is 0 Å². The first kappa shape index (κ1) is 17.6. The zero-order valence-corrected chi connectivity index (χ0v) is 16.6. The third-order valence-corrected chi connectivity index (χ3v) is 7.40. The lowest BCUT2D eigenvalue weighted by molar-refractivity contribution is -0.124. The first-order valence-electron chi connectivity index (χ1n) is 10.3. The highest BCUT2D eigenvalue weighted by atomic mass is 16.3. The minimum absolute atomic E-state index is 0.161. The fourth-order valence-electron chi connectivity index (χ4n) is 6.25. The number of nitrogens with zero attached hydrogens (tertiary/aromatic N) is 1. The van der Waals surface area contributed by atoms with Gasteiger partial charge in [0.25, 0.3) is 0 Å². The molecule has 0 radical (unpaired) electrons. The maximum atomic E-state index is 13.9. The summed E-state index contributed by atoms with van der Waals surface area (Å²) in [7, 11) is 0. The van der Waals surface area contributed by atoms with Gasteiger partial charge in [-0.3, -0.25) is 9.59 Å². The van der Waals surface area contributed by atoms with Gasteiger partial charge in [-0.1, -0.05) is 66.7 Å². The molecule has 148 valence electrons. The molecular formula is C26H21NO3. The van der Waals surface area contributed by atoms with Gasteiger partial charge < -0.3 is 5.11 Å². The van der Waals surface area contributed by atoms with E-state index < -0.39 is 17.3 Å². The summed E-state index contributed by atoms with van der Waals surface area (Å²) in [5.41, 5.74) is 4.69. The van der Waals surface area contributed by atoms with Gasteiger partial charge in [0, 0.05) is 5.92 Å². The topological polar surface area (TPSA) is 57.6 Å². The number of carbonyl (C=O) groups excluding carboxylic acids is 2. The van der Waals surface area contributed by atoms with Crippen LogP contribution in [0.4, 0.5) is 5.69 Å². The molecular weight excluding hydrogens is 374 g/mol. The molecule has 0 spiro atoms. The first-order chi connectivity index (χ1) is 14.6. The van der Waals surface area contributed by atoms with Gasteiger partial charge in [0.15, 0.2) is 0 Å². The SMILES string of the molecule is Cc1ccccc1N1C(=O)[C@@H]2C3c4ccccc4C(CO)(c4ccccc43)[C@@H]2C1=O. The number of imide groups is 1. The zero-order chi connectivity index (χ0) is 20.6. The molecule has 0 unspecified atom stereocenters. The predicted octanol–water partition coefficient (Wildman–Crippen LogP) is 3.54. The fourth-order valence-corrected chi connectivity index (χ4v) is 6.25. The van der Waals surface area contributed by atoms with Gasteiger partial charge in [0.05, 0.1) is 29.5 Å². The van der Waals surface area contributed by atoms with Crippen molar-refractivity contribution in [3.8, 4) is 0 Å². The third-order valence-electron chi connectivity index (χ3n) is 7.40. The Morgan fingerprint density at radius 1 is 0.833 bits per heavy atom. The maximum Gasteiger partial charge on any atom is 0.239 e. The van der Waals surface area contributed by atoms with Crippen molar-refractivity contribution in [3.05, 3.63) is 101 Å². The molecule has 3 aromatic carbocycles. The Bertz CT molecular complexity index is 1180. The molecule has 2 bridgehead atoms. The van der Waals surface area contributed by atoms with Crippen LogP contribution in [0.3, 0.4) is 0 Å². The van der Waals surface area contributed by atoms with E-state index in [1.165, 1.54) is 4.90 Å². The molecule has 3 aliphatic carbocycles. The van der Waals surface area contributed by atoms with Gasteiger partial charge >= 0.3 is 0 Å². The van der Waals surface area contributed by atoms with Crippen molar-refractivity contribution in [1.82, 2.24) is 0 Å². The second-order valence-corrected chi connectivity index (χ2v) is 8.58. The van der Waals surface area contributed by atoms with Crippen LogP contribution >= 0.6 is 0 Å². The number of hydrogen-bond donors (Lipinski definition) is 1. The molecule has 30 heavy (non-hydrogen) atoms. The Hall–Kier alpha value is -3.24. The van der Waals surface area contributed by atoms with E-state index in [4.69, 9.17) is 0 Å². The number of hydrogen-bond acceptors (Lipinski definition) is 3. The minimum Gasteiger partial charge on any atom is -0.395 e. The molecule has 7 rings (SSSR count). The summed E-state index contributed by atoms with van der Waals surface area (Å²) in [6.07, 6.45) is 0. The van der Waals surface area contributed by atoms with Crippen molar-refractivity contribution in [1.29, 1.82) is 0 Å². The number of carbonyl (C=O) groups is 2. The Balaban J connectivity index is 1.66. The van der Waals surface area contributed by atoms with E-state index in [1.807, 2.05) is 79.7 Å². The fraction of sp³-hybridized carbons (Fsp3) is 0.231. The van der Waals surface area contributed by atoms with Crippen molar-refractivity contribution in [2.24, 2.45) is 11.8 Å². The molecule has 3 aromatic rings. The van der Waals surface area contributed by atoms with E-state index in [0.29, 0.717) is 5.69 Å². The van der Waals surface area contributed by atoms with Crippen LogP contribution in [0.2, 0.25) is 0 Å². The average Bonchev–Trinajstić information content (AvgIpc) is 3.05. The van der Waals surface area contributed by atoms with Gasteiger partial charge in [-0.05, 0) is 40.8 Å². The zero-order valence-electron chi connectivity index (χ0n) is 16.6. The summed E-state index contributed by atoms with van der Waals surface area (Å²) in [4.78, 5) is 29.0. The number of benzene rings is 3. The predicted molar refractivity (Wildman–Crippen MR) is 113 cm³/mol. The average molecular weight is 395 g/mol. The van der Waals surface area contributed by atoms with Crippen LogP contribution in [0.5, 0.6) is 0 Å². The van der Waals surface area contributed by atoms with E-state index in [9.17, 15) is 14.7 Å². The summed E-state index contributed by atoms with van der Waals surface area (Å²) in [6.45, 7) is 1.70. The lowest BCUT2D eigenvalue weighted by Crippen LogP contribution is -2.55. The van der Waals surface area contributed by atoms with Crippen LogP contribution in [-0.2, 0) is 15.0 Å². The molecule has 4 nitrogen and oxygen atoms in total. The lowest BCUT2D eigenvalue weighted by Gasteiger charge is -2.53. The highest BCUT2D eigenvalue weighted by Crippen LogP contribution is 2.64. The smallest absolute Gasteiger partial charge is 0.239 e. The number of aryl methyl sites for hydroxylation is 1. The molecule has 0 saturated carbocycles. The quantitative estimate of drug-likeness (QED) is 0.676. The Morgan fingerprint density at radius 2 is 1.40 bits per heavy atom. The van der Waals surface area contributed by atoms with Crippen molar-refractivity contribution < 1.29 is 14.7 Å². The van der Waals surface area contributed by atoms with Gasteiger partial charge in [0.2, 0.25) is 11.8 Å². The number of aliphatic hydroxyl groups is 1. The summed E-state index contributed by atoms with van der Waals surface area (Å²) in [5, 5.41) is 10.8. The summed E-state index contributed by atoms with van der Waals surface area (Å²) in [5.74, 6) is -1.66. The molecule has 4 aliphatic rings. The highest BCUT2D eigenvalue weighted by Gasteiger charge is 2.68. The molecule has 4 heteroatoms. The summed E-state index contributed by atoms with van der Waals surface area (Å²) in [6, 6.07) is 23.5. The van der Waals surface area contributed by atoms with E-state index >= 15 is 0 Å². The van der Waals surface area contributed by atoms with Crippen molar-refractivity contribution in [3.63, 3.8) is 0 Å². The number of aliphatic hydroxyl groups excluding tert-OH is 1. The lowest BCUT2D eigenvalue weighted by atomic mass is 9.47. The standard InChI is InChI=1S/C26H21NO3/c1-15-8-2-7-13-20(15)27-24(29)22-21-16-9-3-5-11-18(16)26(14-28,23(22)25(27)30)19-12-6-4-10-17(19)21/h2-13,21-23,28H,14H2,1H3/t21?,22-,23+,26?/m1/s1. The van der Waals surface area contributed by atoms with Gasteiger partial charge in [-0.2, -0.15) is 0 Å². The summed E-state index contributed by atoms with van der Waals surface area (Å²) < 4.78 is 0. The molecule has 1 fully saturated rings. The Kier molecular flexibility index (Phi) is 3.46. The number of rotatable bonds is 2. The molecule has 0 aromatic heterocycles. The van der Waals surface area contributed by atoms with Gasteiger partial charge in [-0.25, -0.2) is 4.90 Å². The van der Waals surface area contributed by atoms with E-state index in [-0.39, 0.29) is 24.3 Å². The molecule has 1 aliphatic heterocycles. The van der Waals surface area contributed by atoms with E-state index in [2.05, 4.69) is 0 Å². The maximum absolute atomic E-state index is 13.9. The van der Waals surface area contributed by atoms with Crippen LogP contribution in [0.25, 0.3) is 0 Å². The highest BCUT2D eigenvalue weighted by molar-refractivity contribution is 6.24. The molecule has 1 saturated heterocycles. The van der Waals surface area contributed by atoms with Crippen LogP contribution < -0.4 is 4.90 Å². The van der Waals surface area contributed by atoms with Crippen molar-refractivity contribution in [2.45, 2.75) is 18.3 Å². The van der Waals surface area contributed by atoms with Crippen molar-refractivity contribution >= 4 is 17.5 Å². The molecule has 1 heterocycles. The van der Waals surface area contributed by atoms with Crippen molar-refractivity contribution in [2.75, 3.05) is 11.5 Å². The first-order valence-corrected chi connectivity index (χ1v) is 10.3. The van der Waals surface area contributed by atoms with E-state index in [1.54, 1.807) is 0 Å². The third kappa shape index (κ3) is 1.86. The minimum atomic E-state index is -0.906. The number of anilines is 1. The molecule has 2 atom stereocenters. The number of amides is 2. The molecule has 2 amide bonds. The second kappa shape index (κ2) is 5.89. The Morgan fingerprint density at radius 3 is 2.00 bits per heavy atom.